The standard InChI is InChI=1S/C19H25ClN2O3/c20-14-3-1-2-13(8-14)9-21-18(23)17-15-10-22(11-16(15)17)12-19(24)4-6-25-7-5-19/h1-3,8,15-17,24H,4-7,9-12H2,(H,21,23). The van der Waals surface area contributed by atoms with Crippen molar-refractivity contribution in [2.75, 3.05) is 32.8 Å². The van der Waals surface area contributed by atoms with Crippen molar-refractivity contribution in [1.29, 1.82) is 0 Å². The first-order valence-electron chi connectivity index (χ1n) is 9.09. The van der Waals surface area contributed by atoms with Gasteiger partial charge < -0.3 is 15.2 Å². The second-order valence-electron chi connectivity index (χ2n) is 7.73. The van der Waals surface area contributed by atoms with Crippen LogP contribution in [-0.4, -0.2) is 54.4 Å². The highest BCUT2D eigenvalue weighted by Gasteiger charge is 2.59. The molecule has 3 fully saturated rings. The molecule has 1 saturated carbocycles. The van der Waals surface area contributed by atoms with Crippen LogP contribution in [0.3, 0.4) is 0 Å². The third-order valence-corrected chi connectivity index (χ3v) is 6.10. The topological polar surface area (TPSA) is 61.8 Å². The summed E-state index contributed by atoms with van der Waals surface area (Å²) in [4.78, 5) is 14.7. The fourth-order valence-electron chi connectivity index (χ4n) is 4.41. The van der Waals surface area contributed by atoms with Crippen molar-refractivity contribution in [3.8, 4) is 0 Å². The van der Waals surface area contributed by atoms with Gasteiger partial charge in [0.2, 0.25) is 5.91 Å². The van der Waals surface area contributed by atoms with Gasteiger partial charge in [0.25, 0.3) is 0 Å². The Kier molecular flexibility index (Phi) is 4.75. The molecule has 136 valence electrons. The van der Waals surface area contributed by atoms with E-state index in [0.717, 1.165) is 18.7 Å². The summed E-state index contributed by atoms with van der Waals surface area (Å²) in [5.74, 6) is 1.18. The number of hydrogen-bond donors (Lipinski definition) is 2. The SMILES string of the molecule is O=C(NCc1cccc(Cl)c1)C1C2CN(CC3(O)CCOCC3)CC21. The molecule has 1 amide bonds. The van der Waals surface area contributed by atoms with Gasteiger partial charge in [0.1, 0.15) is 0 Å². The van der Waals surface area contributed by atoms with Crippen molar-refractivity contribution in [2.24, 2.45) is 17.8 Å². The van der Waals surface area contributed by atoms with E-state index in [0.29, 0.717) is 56.0 Å². The van der Waals surface area contributed by atoms with Crippen molar-refractivity contribution < 1.29 is 14.6 Å². The number of piperidine rings is 1. The van der Waals surface area contributed by atoms with Crippen LogP contribution in [0, 0.1) is 17.8 Å². The zero-order valence-corrected chi connectivity index (χ0v) is 15.0. The molecule has 0 aromatic heterocycles. The van der Waals surface area contributed by atoms with Gasteiger partial charge in [0.15, 0.2) is 0 Å². The van der Waals surface area contributed by atoms with Crippen molar-refractivity contribution in [2.45, 2.75) is 25.0 Å². The molecule has 25 heavy (non-hydrogen) atoms. The summed E-state index contributed by atoms with van der Waals surface area (Å²) in [5.41, 5.74) is 0.411. The number of nitrogens with one attached hydrogen (secondary N) is 1. The minimum Gasteiger partial charge on any atom is -0.388 e. The van der Waals surface area contributed by atoms with E-state index < -0.39 is 5.60 Å². The summed E-state index contributed by atoms with van der Waals surface area (Å²) in [6, 6.07) is 7.58. The molecule has 5 nitrogen and oxygen atoms in total. The Morgan fingerprint density at radius 1 is 1.32 bits per heavy atom. The monoisotopic (exact) mass is 364 g/mol. The second-order valence-corrected chi connectivity index (χ2v) is 8.17. The van der Waals surface area contributed by atoms with Gasteiger partial charge in [-0.3, -0.25) is 9.69 Å². The number of ether oxygens (including phenoxy) is 1. The summed E-state index contributed by atoms with van der Waals surface area (Å²) < 4.78 is 5.34. The Morgan fingerprint density at radius 3 is 2.72 bits per heavy atom. The van der Waals surface area contributed by atoms with E-state index in [1.165, 1.54) is 0 Å². The fraction of sp³-hybridized carbons (Fsp3) is 0.632. The molecule has 2 aliphatic heterocycles. The Morgan fingerprint density at radius 2 is 2.04 bits per heavy atom. The molecule has 0 radical (unpaired) electrons. The highest BCUT2D eigenvalue weighted by Crippen LogP contribution is 2.52. The maximum Gasteiger partial charge on any atom is 0.224 e. The molecule has 2 N–H and O–H groups in total. The van der Waals surface area contributed by atoms with Crippen LogP contribution in [0.2, 0.25) is 5.02 Å². The van der Waals surface area contributed by atoms with Crippen LogP contribution < -0.4 is 5.32 Å². The Bertz CT molecular complexity index is 635. The highest BCUT2D eigenvalue weighted by molar-refractivity contribution is 6.30. The lowest BCUT2D eigenvalue weighted by Crippen LogP contribution is -2.47. The smallest absolute Gasteiger partial charge is 0.224 e. The van der Waals surface area contributed by atoms with Gasteiger partial charge in [-0.2, -0.15) is 0 Å². The van der Waals surface area contributed by atoms with E-state index in [-0.39, 0.29) is 11.8 Å². The van der Waals surface area contributed by atoms with E-state index in [9.17, 15) is 9.90 Å². The highest BCUT2D eigenvalue weighted by atomic mass is 35.5. The summed E-state index contributed by atoms with van der Waals surface area (Å²) in [5, 5.41) is 14.4. The lowest BCUT2D eigenvalue weighted by molar-refractivity contribution is -0.123. The largest absolute Gasteiger partial charge is 0.388 e. The van der Waals surface area contributed by atoms with Crippen LogP contribution in [0.4, 0.5) is 0 Å². The van der Waals surface area contributed by atoms with Crippen molar-refractivity contribution in [1.82, 2.24) is 10.2 Å². The predicted octanol–water partition coefficient (Wildman–Crippen LogP) is 1.68. The van der Waals surface area contributed by atoms with Gasteiger partial charge in [0.05, 0.1) is 5.60 Å². The Balaban J connectivity index is 1.23. The second kappa shape index (κ2) is 6.88. The molecule has 1 aliphatic carbocycles. The molecule has 3 aliphatic rings. The number of likely N-dealkylation sites (tertiary alicyclic amines) is 1. The lowest BCUT2D eigenvalue weighted by Gasteiger charge is -2.36. The molecular formula is C19H25ClN2O3. The molecule has 2 heterocycles. The average Bonchev–Trinajstić information content (AvgIpc) is 3.09. The first-order valence-corrected chi connectivity index (χ1v) is 9.47. The van der Waals surface area contributed by atoms with E-state index in [2.05, 4.69) is 10.2 Å². The van der Waals surface area contributed by atoms with Crippen LogP contribution in [0.25, 0.3) is 0 Å². The van der Waals surface area contributed by atoms with E-state index in [4.69, 9.17) is 16.3 Å². The van der Waals surface area contributed by atoms with Crippen molar-refractivity contribution in [3.63, 3.8) is 0 Å². The summed E-state index contributed by atoms with van der Waals surface area (Å²) >= 11 is 5.97. The number of rotatable bonds is 5. The molecule has 2 saturated heterocycles. The average molecular weight is 365 g/mol. The van der Waals surface area contributed by atoms with Gasteiger partial charge in [-0.05, 0) is 29.5 Å². The molecule has 0 spiro atoms. The number of carbonyl (C=O) groups excluding carboxylic acids is 1. The first-order chi connectivity index (χ1) is 12.0. The van der Waals surface area contributed by atoms with Gasteiger partial charge in [-0.1, -0.05) is 23.7 Å². The number of carbonyl (C=O) groups is 1. The van der Waals surface area contributed by atoms with Gasteiger partial charge in [-0.15, -0.1) is 0 Å². The number of benzene rings is 1. The van der Waals surface area contributed by atoms with Gasteiger partial charge >= 0.3 is 0 Å². The molecule has 6 heteroatoms. The first kappa shape index (κ1) is 17.3. The van der Waals surface area contributed by atoms with Crippen LogP contribution >= 0.6 is 11.6 Å². The van der Waals surface area contributed by atoms with Crippen LogP contribution in [0.5, 0.6) is 0 Å². The molecule has 2 unspecified atom stereocenters. The Labute approximate surface area is 153 Å². The van der Waals surface area contributed by atoms with Crippen LogP contribution in [-0.2, 0) is 16.1 Å². The van der Waals surface area contributed by atoms with Crippen molar-refractivity contribution in [3.05, 3.63) is 34.9 Å². The molecule has 0 bridgehead atoms. The van der Waals surface area contributed by atoms with Gasteiger partial charge in [-0.25, -0.2) is 0 Å². The molecule has 4 rings (SSSR count). The zero-order chi connectivity index (χ0) is 17.4. The number of halogens is 1. The maximum atomic E-state index is 12.4. The van der Waals surface area contributed by atoms with Crippen LogP contribution in [0.15, 0.2) is 24.3 Å². The minimum absolute atomic E-state index is 0.139. The Hall–Kier alpha value is -1.14. The number of nitrogens with zero attached hydrogens (tertiary/aromatic N) is 1. The quantitative estimate of drug-likeness (QED) is 0.834. The van der Waals surface area contributed by atoms with Crippen molar-refractivity contribution >= 4 is 17.5 Å². The minimum atomic E-state index is -0.612. The summed E-state index contributed by atoms with van der Waals surface area (Å²) in [6.07, 6.45) is 1.42. The molecular weight excluding hydrogens is 340 g/mol. The third kappa shape index (κ3) is 3.85. The van der Waals surface area contributed by atoms with Gasteiger partial charge in [0, 0.05) is 63.2 Å². The number of amides is 1. The maximum absolute atomic E-state index is 12.4. The lowest BCUT2D eigenvalue weighted by atomic mass is 9.93. The van der Waals surface area contributed by atoms with E-state index in [1.807, 2.05) is 24.3 Å². The molecule has 1 aromatic carbocycles. The number of hydrogen-bond acceptors (Lipinski definition) is 4. The molecule has 1 aromatic rings. The predicted molar refractivity (Wildman–Crippen MR) is 95.2 cm³/mol. The summed E-state index contributed by atoms with van der Waals surface area (Å²) in [6.45, 7) is 4.36. The van der Waals surface area contributed by atoms with Crippen LogP contribution in [0.1, 0.15) is 18.4 Å². The number of aliphatic hydroxyl groups is 1. The number of fused-ring (bicyclic) bond motifs is 1. The molecule has 2 atom stereocenters. The third-order valence-electron chi connectivity index (χ3n) is 5.87. The normalized spacial score (nSPS) is 30.7. The zero-order valence-electron chi connectivity index (χ0n) is 14.3. The fourth-order valence-corrected chi connectivity index (χ4v) is 4.62. The van der Waals surface area contributed by atoms with E-state index in [1.54, 1.807) is 0 Å². The number of β-amino-alcohol motifs (C(OH)–C–C–N with tert-alkyl or cyclic N) is 1. The van der Waals surface area contributed by atoms with E-state index >= 15 is 0 Å². The summed E-state index contributed by atoms with van der Waals surface area (Å²) in [7, 11) is 0.